The monoisotopic (exact) mass is 320 g/mol. The average molecular weight is 321 g/mol. The van der Waals surface area contributed by atoms with Crippen LogP contribution in [0.5, 0.6) is 0 Å². The largest absolute Gasteiger partial charge is 0.396 e. The molecule has 96 valence electrons. The van der Waals surface area contributed by atoms with Gasteiger partial charge < -0.3 is 15.7 Å². The molecule has 3 N–H and O–H groups in total. The Morgan fingerprint density at radius 1 is 1.35 bits per heavy atom. The molecule has 17 heavy (non-hydrogen) atoms. The summed E-state index contributed by atoms with van der Waals surface area (Å²) in [6.07, 6.45) is 2.38. The Kier molecular flexibility index (Phi) is 7.30. The van der Waals surface area contributed by atoms with Crippen LogP contribution in [0, 0.1) is 0 Å². The van der Waals surface area contributed by atoms with Crippen molar-refractivity contribution < 1.29 is 5.11 Å². The standard InChI is InChI=1S/C10H17BrN4OS/c1-12-9-8(11)10(15-7-14-9)13-3-6-17-5-2-4-16/h7,16H,2-6H2,1H3,(H2,12,13,14,15). The molecule has 0 saturated heterocycles. The number of anilines is 2. The smallest absolute Gasteiger partial charge is 0.145 e. The van der Waals surface area contributed by atoms with Gasteiger partial charge in [-0.3, -0.25) is 0 Å². The zero-order valence-corrected chi connectivity index (χ0v) is 12.1. The molecule has 0 unspecified atom stereocenters. The first-order valence-corrected chi connectivity index (χ1v) is 7.35. The van der Waals surface area contributed by atoms with Crippen molar-refractivity contribution in [2.24, 2.45) is 0 Å². The van der Waals surface area contributed by atoms with Crippen molar-refractivity contribution in [2.75, 3.05) is 42.3 Å². The lowest BCUT2D eigenvalue weighted by Crippen LogP contribution is -2.08. The van der Waals surface area contributed by atoms with Crippen LogP contribution < -0.4 is 10.6 Å². The Morgan fingerprint density at radius 3 is 2.82 bits per heavy atom. The molecule has 0 aliphatic rings. The van der Waals surface area contributed by atoms with Gasteiger partial charge in [-0.1, -0.05) is 0 Å². The molecule has 5 nitrogen and oxygen atoms in total. The Labute approximate surface area is 114 Å². The highest BCUT2D eigenvalue weighted by Gasteiger charge is 2.06. The quantitative estimate of drug-likeness (QED) is 0.635. The van der Waals surface area contributed by atoms with Crippen LogP contribution >= 0.6 is 27.7 Å². The van der Waals surface area contributed by atoms with E-state index in [0.717, 1.165) is 40.6 Å². The number of hydrogen-bond donors (Lipinski definition) is 3. The predicted molar refractivity (Wildman–Crippen MR) is 76.8 cm³/mol. The maximum absolute atomic E-state index is 8.64. The van der Waals surface area contributed by atoms with E-state index in [1.807, 2.05) is 18.8 Å². The minimum atomic E-state index is 0.267. The van der Waals surface area contributed by atoms with Gasteiger partial charge in [0, 0.05) is 26.0 Å². The van der Waals surface area contributed by atoms with Crippen molar-refractivity contribution in [3.05, 3.63) is 10.8 Å². The van der Waals surface area contributed by atoms with Crippen molar-refractivity contribution >= 4 is 39.3 Å². The fraction of sp³-hybridized carbons (Fsp3) is 0.600. The molecule has 7 heteroatoms. The Morgan fingerprint density at radius 2 is 2.12 bits per heavy atom. The second kappa shape index (κ2) is 8.54. The molecule has 0 aliphatic heterocycles. The minimum Gasteiger partial charge on any atom is -0.396 e. The molecule has 0 fully saturated rings. The summed E-state index contributed by atoms with van der Waals surface area (Å²) in [7, 11) is 1.82. The molecule has 0 aromatic carbocycles. The summed E-state index contributed by atoms with van der Waals surface area (Å²) >= 11 is 5.26. The van der Waals surface area contributed by atoms with Gasteiger partial charge in [-0.05, 0) is 28.1 Å². The Bertz CT molecular complexity index is 340. The predicted octanol–water partition coefficient (Wildman–Crippen LogP) is 1.81. The number of aliphatic hydroxyl groups is 1. The summed E-state index contributed by atoms with van der Waals surface area (Å²) in [4.78, 5) is 8.25. The summed E-state index contributed by atoms with van der Waals surface area (Å²) in [5, 5.41) is 14.9. The molecule has 0 bridgehead atoms. The van der Waals surface area contributed by atoms with Crippen LogP contribution in [0.15, 0.2) is 10.8 Å². The first kappa shape index (κ1) is 14.5. The number of nitrogens with zero attached hydrogens (tertiary/aromatic N) is 2. The molecule has 0 atom stereocenters. The van der Waals surface area contributed by atoms with E-state index in [4.69, 9.17) is 5.11 Å². The number of aliphatic hydroxyl groups excluding tert-OH is 1. The lowest BCUT2D eigenvalue weighted by atomic mass is 10.5. The van der Waals surface area contributed by atoms with E-state index in [0.29, 0.717) is 0 Å². The number of rotatable bonds is 8. The number of nitrogens with one attached hydrogen (secondary N) is 2. The topological polar surface area (TPSA) is 70.1 Å². The van der Waals surface area contributed by atoms with Crippen molar-refractivity contribution in [3.63, 3.8) is 0 Å². The maximum Gasteiger partial charge on any atom is 0.145 e. The van der Waals surface area contributed by atoms with E-state index < -0.39 is 0 Å². The van der Waals surface area contributed by atoms with Crippen molar-refractivity contribution in [3.8, 4) is 0 Å². The summed E-state index contributed by atoms with van der Waals surface area (Å²) in [6.45, 7) is 1.11. The molecule has 1 aromatic heterocycles. The van der Waals surface area contributed by atoms with Gasteiger partial charge in [0.25, 0.3) is 0 Å². The summed E-state index contributed by atoms with van der Waals surface area (Å²) < 4.78 is 0.850. The van der Waals surface area contributed by atoms with Crippen molar-refractivity contribution in [2.45, 2.75) is 6.42 Å². The molecule has 0 aliphatic carbocycles. The summed E-state index contributed by atoms with van der Waals surface area (Å²) in [5.41, 5.74) is 0. The van der Waals surface area contributed by atoms with Crippen LogP contribution in [0.4, 0.5) is 11.6 Å². The zero-order chi connectivity index (χ0) is 12.5. The maximum atomic E-state index is 8.64. The molecule has 1 aromatic rings. The van der Waals surface area contributed by atoms with Crippen molar-refractivity contribution in [1.82, 2.24) is 9.97 Å². The molecule has 1 rings (SSSR count). The fourth-order valence-corrected chi connectivity index (χ4v) is 2.50. The number of thioether (sulfide) groups is 1. The first-order valence-electron chi connectivity index (χ1n) is 5.40. The Balaban J connectivity index is 2.31. The third-order valence-corrected chi connectivity index (χ3v) is 3.83. The Hall–Kier alpha value is -0.530. The summed E-state index contributed by atoms with van der Waals surface area (Å²) in [6, 6.07) is 0. The molecule has 0 saturated carbocycles. The minimum absolute atomic E-state index is 0.267. The number of halogens is 1. The van der Waals surface area contributed by atoms with Crippen LogP contribution in [0.1, 0.15) is 6.42 Å². The molecule has 1 heterocycles. The van der Waals surface area contributed by atoms with Crippen molar-refractivity contribution in [1.29, 1.82) is 0 Å². The molecular formula is C10H17BrN4OS. The highest BCUT2D eigenvalue weighted by atomic mass is 79.9. The van der Waals surface area contributed by atoms with Gasteiger partial charge in [-0.25, -0.2) is 9.97 Å². The zero-order valence-electron chi connectivity index (χ0n) is 9.74. The number of hydrogen-bond acceptors (Lipinski definition) is 6. The van der Waals surface area contributed by atoms with E-state index in [9.17, 15) is 0 Å². The van der Waals surface area contributed by atoms with Gasteiger partial charge in [0.05, 0.1) is 0 Å². The third-order valence-electron chi connectivity index (χ3n) is 2.01. The van der Waals surface area contributed by atoms with Gasteiger partial charge in [-0.15, -0.1) is 0 Å². The second-order valence-electron chi connectivity index (χ2n) is 3.25. The van der Waals surface area contributed by atoms with Crippen LogP contribution in [-0.2, 0) is 0 Å². The summed E-state index contributed by atoms with van der Waals surface area (Å²) in [5.74, 6) is 3.55. The van der Waals surface area contributed by atoms with E-state index in [2.05, 4.69) is 36.5 Å². The van der Waals surface area contributed by atoms with Gasteiger partial charge >= 0.3 is 0 Å². The lowest BCUT2D eigenvalue weighted by molar-refractivity contribution is 0.296. The van der Waals surface area contributed by atoms with Crippen LogP contribution in [-0.4, -0.2) is 46.8 Å². The first-order chi connectivity index (χ1) is 8.29. The van der Waals surface area contributed by atoms with Gasteiger partial charge in [0.1, 0.15) is 22.4 Å². The van der Waals surface area contributed by atoms with Crippen LogP contribution in [0.3, 0.4) is 0 Å². The highest BCUT2D eigenvalue weighted by molar-refractivity contribution is 9.10. The SMILES string of the molecule is CNc1ncnc(NCCSCCCO)c1Br. The molecule has 0 radical (unpaired) electrons. The normalized spacial score (nSPS) is 10.3. The van der Waals surface area contributed by atoms with Gasteiger partial charge in [-0.2, -0.15) is 11.8 Å². The van der Waals surface area contributed by atoms with E-state index in [1.165, 1.54) is 6.33 Å². The average Bonchev–Trinajstić information content (AvgIpc) is 2.35. The van der Waals surface area contributed by atoms with Crippen LogP contribution in [0.25, 0.3) is 0 Å². The third kappa shape index (κ3) is 5.10. The van der Waals surface area contributed by atoms with E-state index in [-0.39, 0.29) is 6.61 Å². The molecule has 0 spiro atoms. The van der Waals surface area contributed by atoms with E-state index in [1.54, 1.807) is 0 Å². The lowest BCUT2D eigenvalue weighted by Gasteiger charge is -2.09. The fourth-order valence-electron chi connectivity index (χ4n) is 1.18. The highest BCUT2D eigenvalue weighted by Crippen LogP contribution is 2.25. The van der Waals surface area contributed by atoms with Gasteiger partial charge in [0.2, 0.25) is 0 Å². The van der Waals surface area contributed by atoms with Gasteiger partial charge in [0.15, 0.2) is 0 Å². The molecular weight excluding hydrogens is 304 g/mol. The van der Waals surface area contributed by atoms with E-state index >= 15 is 0 Å². The molecule has 0 amide bonds. The number of aromatic nitrogens is 2. The second-order valence-corrected chi connectivity index (χ2v) is 5.27. The van der Waals surface area contributed by atoms with Crippen LogP contribution in [0.2, 0.25) is 0 Å².